The molecule has 0 aliphatic heterocycles. The molecule has 0 aliphatic rings. The molecule has 0 aliphatic carbocycles. The van der Waals surface area contributed by atoms with Crippen molar-refractivity contribution >= 4 is 17.7 Å². The minimum atomic E-state index is 0.797. The summed E-state index contributed by atoms with van der Waals surface area (Å²) < 4.78 is 2.09. The first kappa shape index (κ1) is 20.3. The molecule has 2 aromatic rings. The van der Waals surface area contributed by atoms with Crippen LogP contribution in [0.4, 0.5) is 0 Å². The monoisotopic (exact) mass is 374 g/mol. The maximum absolute atomic E-state index is 4.80. The Morgan fingerprint density at radius 3 is 2.85 bits per heavy atom. The van der Waals surface area contributed by atoms with E-state index < -0.39 is 0 Å². The summed E-state index contributed by atoms with van der Waals surface area (Å²) in [6.45, 7) is 5.40. The number of hydrogen-bond acceptors (Lipinski definition) is 4. The molecule has 0 atom stereocenters. The number of guanidine groups is 1. The molecule has 7 heteroatoms. The zero-order valence-corrected chi connectivity index (χ0v) is 16.9. The molecule has 142 valence electrons. The molecule has 0 unspecified atom stereocenters. The summed E-state index contributed by atoms with van der Waals surface area (Å²) >= 11 is 1.86. The number of rotatable bonds is 10. The number of benzene rings is 1. The van der Waals surface area contributed by atoms with E-state index in [4.69, 9.17) is 4.99 Å². The smallest absolute Gasteiger partial charge is 0.194 e. The van der Waals surface area contributed by atoms with Gasteiger partial charge >= 0.3 is 0 Å². The van der Waals surface area contributed by atoms with E-state index in [1.165, 1.54) is 5.56 Å². The summed E-state index contributed by atoms with van der Waals surface area (Å²) in [6.07, 6.45) is 5.92. The van der Waals surface area contributed by atoms with Crippen molar-refractivity contribution in [1.82, 2.24) is 25.0 Å². The molecule has 0 amide bonds. The predicted octanol–water partition coefficient (Wildman–Crippen LogP) is 2.67. The van der Waals surface area contributed by atoms with Crippen molar-refractivity contribution in [3.8, 4) is 0 Å². The highest BCUT2D eigenvalue weighted by Gasteiger charge is 2.08. The maximum atomic E-state index is 4.80. The van der Waals surface area contributed by atoms with Gasteiger partial charge in [0.05, 0.1) is 0 Å². The Bertz CT molecular complexity index is 655. The largest absolute Gasteiger partial charge is 0.354 e. The Kier molecular flexibility index (Phi) is 9.03. The molecule has 0 saturated heterocycles. The van der Waals surface area contributed by atoms with E-state index in [1.54, 1.807) is 6.33 Å². The van der Waals surface area contributed by atoms with Gasteiger partial charge in [-0.1, -0.05) is 37.3 Å². The normalized spacial score (nSPS) is 11.6. The number of aliphatic imine (C=N–C) groups is 1. The average Bonchev–Trinajstić information content (AvgIpc) is 3.12. The van der Waals surface area contributed by atoms with Crippen LogP contribution in [0.1, 0.15) is 24.7 Å². The number of nitrogens with one attached hydrogen (secondary N) is 1. The highest BCUT2D eigenvalue weighted by molar-refractivity contribution is 7.98. The van der Waals surface area contributed by atoms with Crippen LogP contribution in [-0.2, 0) is 19.5 Å². The highest BCUT2D eigenvalue weighted by Crippen LogP contribution is 2.04. The Morgan fingerprint density at radius 1 is 1.31 bits per heavy atom. The fraction of sp³-hybridized carbons (Fsp3) is 0.526. The van der Waals surface area contributed by atoms with Crippen LogP contribution < -0.4 is 5.32 Å². The number of nitrogens with zero attached hydrogens (tertiary/aromatic N) is 5. The number of aromatic nitrogens is 3. The minimum Gasteiger partial charge on any atom is -0.354 e. The van der Waals surface area contributed by atoms with E-state index in [2.05, 4.69) is 69.5 Å². The second kappa shape index (κ2) is 11.6. The summed E-state index contributed by atoms with van der Waals surface area (Å²) in [6, 6.07) is 10.5. The first-order chi connectivity index (χ1) is 12.7. The summed E-state index contributed by atoms with van der Waals surface area (Å²) in [4.78, 5) is 6.98. The number of aryl methyl sites for hydroxylation is 1. The lowest BCUT2D eigenvalue weighted by Crippen LogP contribution is -2.40. The van der Waals surface area contributed by atoms with Crippen molar-refractivity contribution in [2.75, 3.05) is 32.1 Å². The van der Waals surface area contributed by atoms with Gasteiger partial charge in [-0.3, -0.25) is 4.99 Å². The molecule has 0 spiro atoms. The molecular weight excluding hydrogens is 344 g/mol. The second-order valence-corrected chi connectivity index (χ2v) is 7.10. The third-order valence-electron chi connectivity index (χ3n) is 4.04. The summed E-state index contributed by atoms with van der Waals surface area (Å²) in [7, 11) is 2.09. The topological polar surface area (TPSA) is 58.3 Å². The summed E-state index contributed by atoms with van der Waals surface area (Å²) in [5.74, 6) is 3.10. The van der Waals surface area contributed by atoms with Gasteiger partial charge in [0.1, 0.15) is 12.2 Å². The van der Waals surface area contributed by atoms with Crippen molar-refractivity contribution in [3.63, 3.8) is 0 Å². The van der Waals surface area contributed by atoms with E-state index in [0.29, 0.717) is 0 Å². The standard InChI is InChI=1S/C19H30N6S/c1-4-18-23-22-16-25(18)13-12-21-19(20-11-8-14-26-3)24(2)15-17-9-6-5-7-10-17/h5-7,9-10,16H,4,8,11-15H2,1-3H3,(H,20,21). The van der Waals surface area contributed by atoms with Crippen LogP contribution in [0.25, 0.3) is 0 Å². The van der Waals surface area contributed by atoms with Crippen LogP contribution in [0.3, 0.4) is 0 Å². The molecule has 0 radical (unpaired) electrons. The Morgan fingerprint density at radius 2 is 2.12 bits per heavy atom. The van der Waals surface area contributed by atoms with Crippen LogP contribution in [0.5, 0.6) is 0 Å². The number of hydrogen-bond donors (Lipinski definition) is 1. The minimum absolute atomic E-state index is 0.797. The van der Waals surface area contributed by atoms with Gasteiger partial charge in [-0.2, -0.15) is 11.8 Å². The number of thioether (sulfide) groups is 1. The molecule has 1 aromatic heterocycles. The van der Waals surface area contributed by atoms with Crippen LogP contribution >= 0.6 is 11.8 Å². The SMILES string of the molecule is CCc1nncn1CCNC(=NCCCSC)N(C)Cc1ccccc1. The zero-order chi connectivity index (χ0) is 18.6. The fourth-order valence-corrected chi connectivity index (χ4v) is 3.08. The van der Waals surface area contributed by atoms with Crippen molar-refractivity contribution in [2.45, 2.75) is 32.9 Å². The molecule has 2 rings (SSSR count). The predicted molar refractivity (Wildman–Crippen MR) is 111 cm³/mol. The molecule has 0 saturated carbocycles. The van der Waals surface area contributed by atoms with Crippen LogP contribution in [0, 0.1) is 0 Å². The lowest BCUT2D eigenvalue weighted by molar-refractivity contribution is 0.470. The van der Waals surface area contributed by atoms with Gasteiger partial charge in [0, 0.05) is 39.6 Å². The van der Waals surface area contributed by atoms with Gasteiger partial charge in [0.15, 0.2) is 5.96 Å². The van der Waals surface area contributed by atoms with Gasteiger partial charge in [0.25, 0.3) is 0 Å². The first-order valence-electron chi connectivity index (χ1n) is 9.13. The van der Waals surface area contributed by atoms with Gasteiger partial charge in [0.2, 0.25) is 0 Å². The van der Waals surface area contributed by atoms with Crippen molar-refractivity contribution in [1.29, 1.82) is 0 Å². The molecule has 26 heavy (non-hydrogen) atoms. The average molecular weight is 375 g/mol. The van der Waals surface area contributed by atoms with Gasteiger partial charge in [-0.25, -0.2) is 0 Å². The lowest BCUT2D eigenvalue weighted by Gasteiger charge is -2.23. The fourth-order valence-electron chi connectivity index (χ4n) is 2.67. The Hall–Kier alpha value is -2.02. The van der Waals surface area contributed by atoms with E-state index in [9.17, 15) is 0 Å². The van der Waals surface area contributed by atoms with Gasteiger partial charge < -0.3 is 14.8 Å². The third kappa shape index (κ3) is 6.71. The van der Waals surface area contributed by atoms with Gasteiger partial charge in [-0.05, 0) is 24.0 Å². The molecule has 1 aromatic carbocycles. The highest BCUT2D eigenvalue weighted by atomic mass is 32.2. The zero-order valence-electron chi connectivity index (χ0n) is 16.1. The third-order valence-corrected chi connectivity index (χ3v) is 4.74. The van der Waals surface area contributed by atoms with Crippen LogP contribution in [-0.4, -0.2) is 57.8 Å². The van der Waals surface area contributed by atoms with E-state index >= 15 is 0 Å². The van der Waals surface area contributed by atoms with E-state index in [1.807, 2.05) is 17.8 Å². The molecule has 1 heterocycles. The molecule has 0 fully saturated rings. The first-order valence-corrected chi connectivity index (χ1v) is 10.5. The van der Waals surface area contributed by atoms with E-state index in [0.717, 1.165) is 56.6 Å². The van der Waals surface area contributed by atoms with Crippen LogP contribution in [0.2, 0.25) is 0 Å². The lowest BCUT2D eigenvalue weighted by atomic mass is 10.2. The van der Waals surface area contributed by atoms with Crippen molar-refractivity contribution in [3.05, 3.63) is 48.0 Å². The molecule has 6 nitrogen and oxygen atoms in total. The van der Waals surface area contributed by atoms with Gasteiger partial charge in [-0.15, -0.1) is 10.2 Å². The van der Waals surface area contributed by atoms with E-state index in [-0.39, 0.29) is 0 Å². The van der Waals surface area contributed by atoms with Crippen LogP contribution in [0.15, 0.2) is 41.7 Å². The molecule has 0 bridgehead atoms. The second-order valence-electron chi connectivity index (χ2n) is 6.11. The Balaban J connectivity index is 1.93. The summed E-state index contributed by atoms with van der Waals surface area (Å²) in [5, 5.41) is 11.6. The Labute approximate surface area is 161 Å². The molecule has 1 N–H and O–H groups in total. The summed E-state index contributed by atoms with van der Waals surface area (Å²) in [5.41, 5.74) is 1.28. The maximum Gasteiger partial charge on any atom is 0.194 e. The van der Waals surface area contributed by atoms with Crippen molar-refractivity contribution < 1.29 is 0 Å². The van der Waals surface area contributed by atoms with Crippen molar-refractivity contribution in [2.24, 2.45) is 4.99 Å². The quantitative estimate of drug-likeness (QED) is 0.394. The molecular formula is C19H30N6S.